The van der Waals surface area contributed by atoms with Gasteiger partial charge in [-0.15, -0.1) is 11.8 Å². The van der Waals surface area contributed by atoms with Crippen LogP contribution in [0.2, 0.25) is 0 Å². The smallest absolute Gasteiger partial charge is 0.305 e. The van der Waals surface area contributed by atoms with Crippen LogP contribution in [0.1, 0.15) is 26.2 Å². The summed E-state index contributed by atoms with van der Waals surface area (Å²) in [6.45, 7) is 1.83. The number of carboxylic acid groups (broad SMARTS) is 1. The lowest BCUT2D eigenvalue weighted by molar-refractivity contribution is -0.137. The molecule has 0 bridgehead atoms. The fourth-order valence-electron chi connectivity index (χ4n) is 1.60. The van der Waals surface area contributed by atoms with Gasteiger partial charge in [0.05, 0.1) is 6.42 Å². The third kappa shape index (κ3) is 6.56. The van der Waals surface area contributed by atoms with E-state index < -0.39 is 5.97 Å². The first-order valence-corrected chi connectivity index (χ1v) is 7.39. The molecule has 0 spiro atoms. The maximum Gasteiger partial charge on any atom is 0.305 e. The Labute approximate surface area is 121 Å². The molecule has 0 aliphatic carbocycles. The summed E-state index contributed by atoms with van der Waals surface area (Å²) in [7, 11) is 0. The number of halogens is 1. The highest BCUT2D eigenvalue weighted by molar-refractivity contribution is 7.99. The SMILES string of the molecule is CCC(CC(=O)O)NC(=O)CCSc1ccc(F)cc1. The van der Waals surface area contributed by atoms with Crippen LogP contribution in [-0.4, -0.2) is 28.8 Å². The van der Waals surface area contributed by atoms with Crippen molar-refractivity contribution in [3.05, 3.63) is 30.1 Å². The molecule has 0 saturated carbocycles. The molecule has 0 aliphatic rings. The Bertz CT molecular complexity index is 450. The number of carboxylic acids is 1. The molecule has 0 saturated heterocycles. The van der Waals surface area contributed by atoms with Crippen molar-refractivity contribution in [1.29, 1.82) is 0 Å². The predicted octanol–water partition coefficient (Wildman–Crippen LogP) is 2.68. The van der Waals surface area contributed by atoms with Crippen molar-refractivity contribution in [3.63, 3.8) is 0 Å². The first-order chi connectivity index (χ1) is 9.51. The van der Waals surface area contributed by atoms with Crippen molar-refractivity contribution in [2.45, 2.75) is 37.1 Å². The Morgan fingerprint density at radius 2 is 2.00 bits per heavy atom. The highest BCUT2D eigenvalue weighted by atomic mass is 32.2. The zero-order valence-corrected chi connectivity index (χ0v) is 12.1. The van der Waals surface area contributed by atoms with Gasteiger partial charge in [-0.25, -0.2) is 4.39 Å². The summed E-state index contributed by atoms with van der Waals surface area (Å²) in [5.74, 6) is -0.793. The molecule has 20 heavy (non-hydrogen) atoms. The number of aliphatic carboxylic acids is 1. The molecule has 1 amide bonds. The van der Waals surface area contributed by atoms with Crippen LogP contribution < -0.4 is 5.32 Å². The summed E-state index contributed by atoms with van der Waals surface area (Å²) in [5.41, 5.74) is 0. The Morgan fingerprint density at radius 3 is 2.55 bits per heavy atom. The monoisotopic (exact) mass is 299 g/mol. The minimum atomic E-state index is -0.919. The second kappa shape index (κ2) is 8.58. The van der Waals surface area contributed by atoms with Crippen LogP contribution in [0.25, 0.3) is 0 Å². The van der Waals surface area contributed by atoms with Crippen molar-refractivity contribution in [2.24, 2.45) is 0 Å². The van der Waals surface area contributed by atoms with E-state index in [4.69, 9.17) is 5.11 Å². The second-order valence-corrected chi connectivity index (χ2v) is 5.49. The molecule has 0 fully saturated rings. The molecule has 1 aromatic carbocycles. The molecule has 1 aromatic rings. The van der Waals surface area contributed by atoms with E-state index in [0.29, 0.717) is 18.6 Å². The van der Waals surface area contributed by atoms with Gasteiger partial charge in [-0.1, -0.05) is 6.92 Å². The highest BCUT2D eigenvalue weighted by Crippen LogP contribution is 2.18. The van der Waals surface area contributed by atoms with Crippen LogP contribution in [0.3, 0.4) is 0 Å². The standard InChI is InChI=1S/C14H18FNO3S/c1-2-11(9-14(18)19)16-13(17)7-8-20-12-5-3-10(15)4-6-12/h3-6,11H,2,7-9H2,1H3,(H,16,17)(H,18,19). The number of rotatable bonds is 8. The zero-order valence-electron chi connectivity index (χ0n) is 11.3. The van der Waals surface area contributed by atoms with Gasteiger partial charge in [0.1, 0.15) is 5.82 Å². The topological polar surface area (TPSA) is 66.4 Å². The van der Waals surface area contributed by atoms with Gasteiger partial charge >= 0.3 is 5.97 Å². The van der Waals surface area contributed by atoms with Gasteiger partial charge in [-0.2, -0.15) is 0 Å². The second-order valence-electron chi connectivity index (χ2n) is 4.32. The lowest BCUT2D eigenvalue weighted by atomic mass is 10.1. The molecular formula is C14H18FNO3S. The number of carbonyl (C=O) groups excluding carboxylic acids is 1. The first kappa shape index (κ1) is 16.5. The zero-order chi connectivity index (χ0) is 15.0. The van der Waals surface area contributed by atoms with Crippen LogP contribution in [-0.2, 0) is 9.59 Å². The van der Waals surface area contributed by atoms with E-state index in [2.05, 4.69) is 5.32 Å². The van der Waals surface area contributed by atoms with E-state index in [1.54, 1.807) is 12.1 Å². The molecule has 2 N–H and O–H groups in total. The van der Waals surface area contributed by atoms with E-state index in [-0.39, 0.29) is 24.2 Å². The summed E-state index contributed by atoms with van der Waals surface area (Å²) >= 11 is 1.46. The molecule has 1 rings (SSSR count). The van der Waals surface area contributed by atoms with Gasteiger partial charge in [0.2, 0.25) is 5.91 Å². The summed E-state index contributed by atoms with van der Waals surface area (Å²) < 4.78 is 12.7. The molecule has 6 heteroatoms. The quantitative estimate of drug-likeness (QED) is 0.724. The lowest BCUT2D eigenvalue weighted by Crippen LogP contribution is -2.36. The summed E-state index contributed by atoms with van der Waals surface area (Å²) in [6.07, 6.45) is 0.828. The molecule has 0 radical (unpaired) electrons. The average molecular weight is 299 g/mol. The third-order valence-electron chi connectivity index (χ3n) is 2.69. The fraction of sp³-hybridized carbons (Fsp3) is 0.429. The Hall–Kier alpha value is -1.56. The van der Waals surface area contributed by atoms with E-state index in [9.17, 15) is 14.0 Å². The number of carbonyl (C=O) groups is 2. The van der Waals surface area contributed by atoms with Crippen molar-refractivity contribution < 1.29 is 19.1 Å². The van der Waals surface area contributed by atoms with Crippen LogP contribution >= 0.6 is 11.8 Å². The van der Waals surface area contributed by atoms with E-state index in [0.717, 1.165) is 4.90 Å². The molecular weight excluding hydrogens is 281 g/mol. The van der Waals surface area contributed by atoms with E-state index >= 15 is 0 Å². The van der Waals surface area contributed by atoms with E-state index in [1.807, 2.05) is 6.92 Å². The Kier molecular flexibility index (Phi) is 7.08. The van der Waals surface area contributed by atoms with Crippen molar-refractivity contribution in [2.75, 3.05) is 5.75 Å². The maximum atomic E-state index is 12.7. The van der Waals surface area contributed by atoms with Gasteiger partial charge in [-0.05, 0) is 30.7 Å². The molecule has 4 nitrogen and oxygen atoms in total. The maximum absolute atomic E-state index is 12.7. The molecule has 0 aromatic heterocycles. The molecule has 0 heterocycles. The van der Waals surface area contributed by atoms with Gasteiger partial charge < -0.3 is 10.4 Å². The van der Waals surface area contributed by atoms with Crippen molar-refractivity contribution in [3.8, 4) is 0 Å². The van der Waals surface area contributed by atoms with E-state index in [1.165, 1.54) is 23.9 Å². The largest absolute Gasteiger partial charge is 0.481 e. The van der Waals surface area contributed by atoms with Crippen LogP contribution in [0, 0.1) is 5.82 Å². The predicted molar refractivity (Wildman–Crippen MR) is 76.2 cm³/mol. The minimum absolute atomic E-state index is 0.0622. The summed E-state index contributed by atoms with van der Waals surface area (Å²) in [5, 5.41) is 11.4. The Balaban J connectivity index is 2.28. The van der Waals surface area contributed by atoms with Crippen LogP contribution in [0.5, 0.6) is 0 Å². The van der Waals surface area contributed by atoms with Gasteiger partial charge in [0.15, 0.2) is 0 Å². The number of amides is 1. The molecule has 110 valence electrons. The molecule has 0 aliphatic heterocycles. The number of hydrogen-bond donors (Lipinski definition) is 2. The average Bonchev–Trinajstić information content (AvgIpc) is 2.39. The van der Waals surface area contributed by atoms with Crippen LogP contribution in [0.4, 0.5) is 4.39 Å². The minimum Gasteiger partial charge on any atom is -0.481 e. The number of nitrogens with one attached hydrogen (secondary N) is 1. The van der Waals surface area contributed by atoms with Gasteiger partial charge in [-0.3, -0.25) is 9.59 Å². The summed E-state index contributed by atoms with van der Waals surface area (Å²) in [4.78, 5) is 23.2. The number of thioether (sulfide) groups is 1. The van der Waals surface area contributed by atoms with Crippen molar-refractivity contribution in [1.82, 2.24) is 5.32 Å². The lowest BCUT2D eigenvalue weighted by Gasteiger charge is -2.14. The fourth-order valence-corrected chi connectivity index (χ4v) is 2.45. The Morgan fingerprint density at radius 1 is 1.35 bits per heavy atom. The van der Waals surface area contributed by atoms with Crippen molar-refractivity contribution >= 4 is 23.6 Å². The normalized spacial score (nSPS) is 11.9. The number of hydrogen-bond acceptors (Lipinski definition) is 3. The van der Waals surface area contributed by atoms with Crippen LogP contribution in [0.15, 0.2) is 29.2 Å². The summed E-state index contributed by atoms with van der Waals surface area (Å²) in [6, 6.07) is 5.76. The first-order valence-electron chi connectivity index (χ1n) is 6.40. The number of benzene rings is 1. The van der Waals surface area contributed by atoms with Gasteiger partial charge in [0.25, 0.3) is 0 Å². The molecule has 1 atom stereocenters. The third-order valence-corrected chi connectivity index (χ3v) is 3.70. The highest BCUT2D eigenvalue weighted by Gasteiger charge is 2.13. The van der Waals surface area contributed by atoms with Gasteiger partial charge in [0, 0.05) is 23.1 Å². The molecule has 1 unspecified atom stereocenters.